The zero-order valence-corrected chi connectivity index (χ0v) is 10.7. The summed E-state index contributed by atoms with van der Waals surface area (Å²) in [5.41, 5.74) is 4.99. The summed E-state index contributed by atoms with van der Waals surface area (Å²) in [7, 11) is 0. The van der Waals surface area contributed by atoms with Crippen LogP contribution in [0.3, 0.4) is 0 Å². The van der Waals surface area contributed by atoms with Gasteiger partial charge in [-0.2, -0.15) is 5.10 Å². The Morgan fingerprint density at radius 2 is 2.28 bits per heavy atom. The molecule has 0 radical (unpaired) electrons. The summed E-state index contributed by atoms with van der Waals surface area (Å²) >= 11 is 0. The van der Waals surface area contributed by atoms with Gasteiger partial charge in [0.1, 0.15) is 12.2 Å². The first kappa shape index (κ1) is 12.7. The van der Waals surface area contributed by atoms with Crippen molar-refractivity contribution in [2.45, 2.75) is 32.9 Å². The van der Waals surface area contributed by atoms with E-state index in [1.54, 1.807) is 6.33 Å². The lowest BCUT2D eigenvalue weighted by Gasteiger charge is -2.16. The van der Waals surface area contributed by atoms with E-state index < -0.39 is 0 Å². The molecule has 1 atom stereocenters. The molecule has 3 N–H and O–H groups in total. The van der Waals surface area contributed by atoms with E-state index in [9.17, 15) is 0 Å². The first-order chi connectivity index (χ1) is 8.74. The van der Waals surface area contributed by atoms with E-state index in [2.05, 4.69) is 26.6 Å². The van der Waals surface area contributed by atoms with E-state index in [-0.39, 0.29) is 6.04 Å². The van der Waals surface area contributed by atoms with Gasteiger partial charge in [-0.1, -0.05) is 6.07 Å². The van der Waals surface area contributed by atoms with E-state index in [1.807, 2.05) is 30.9 Å². The Labute approximate surface area is 106 Å². The van der Waals surface area contributed by atoms with Crippen LogP contribution in [-0.2, 0) is 13.0 Å². The number of nitrogens with zero attached hydrogens (tertiary/aromatic N) is 4. The van der Waals surface area contributed by atoms with Gasteiger partial charge in [-0.25, -0.2) is 4.98 Å². The minimum atomic E-state index is -0.00750. The molecule has 0 aliphatic rings. The fourth-order valence-corrected chi connectivity index (χ4v) is 1.93. The van der Waals surface area contributed by atoms with Crippen LogP contribution in [0.1, 0.15) is 29.9 Å². The summed E-state index contributed by atoms with van der Waals surface area (Å²) in [4.78, 5) is 8.45. The summed E-state index contributed by atoms with van der Waals surface area (Å²) in [6, 6.07) is 2.07. The Bertz CT molecular complexity index is 507. The second kappa shape index (κ2) is 5.70. The molecule has 0 amide bonds. The second-order valence-corrected chi connectivity index (χ2v) is 4.21. The van der Waals surface area contributed by atoms with Crippen LogP contribution < -0.4 is 11.3 Å². The number of aromatic nitrogens is 4. The zero-order chi connectivity index (χ0) is 13.0. The molecule has 96 valence electrons. The summed E-state index contributed by atoms with van der Waals surface area (Å²) in [5, 5.41) is 4.15. The SMILES string of the molecule is CCn1ncnc1CC(NN)c1cncc(C)c1. The van der Waals surface area contributed by atoms with Crippen molar-refractivity contribution >= 4 is 0 Å². The molecular formula is C12H18N6. The van der Waals surface area contributed by atoms with Crippen LogP contribution in [0.5, 0.6) is 0 Å². The monoisotopic (exact) mass is 246 g/mol. The lowest BCUT2D eigenvalue weighted by molar-refractivity contribution is 0.509. The maximum atomic E-state index is 5.63. The lowest BCUT2D eigenvalue weighted by atomic mass is 10.0. The van der Waals surface area contributed by atoms with Crippen LogP contribution in [-0.4, -0.2) is 19.7 Å². The fourth-order valence-electron chi connectivity index (χ4n) is 1.93. The maximum Gasteiger partial charge on any atom is 0.138 e. The molecule has 2 aromatic heterocycles. The van der Waals surface area contributed by atoms with Gasteiger partial charge < -0.3 is 0 Å². The number of nitrogens with one attached hydrogen (secondary N) is 1. The highest BCUT2D eigenvalue weighted by Gasteiger charge is 2.14. The van der Waals surface area contributed by atoms with Crippen LogP contribution in [0.2, 0.25) is 0 Å². The van der Waals surface area contributed by atoms with Gasteiger partial charge in [-0.05, 0) is 25.0 Å². The van der Waals surface area contributed by atoms with Crippen molar-refractivity contribution in [3.63, 3.8) is 0 Å². The second-order valence-electron chi connectivity index (χ2n) is 4.21. The van der Waals surface area contributed by atoms with Crippen molar-refractivity contribution in [1.29, 1.82) is 0 Å². The van der Waals surface area contributed by atoms with Crippen LogP contribution in [0, 0.1) is 6.92 Å². The Hall–Kier alpha value is -1.79. The molecule has 0 saturated heterocycles. The topological polar surface area (TPSA) is 81.7 Å². The van der Waals surface area contributed by atoms with E-state index in [0.717, 1.165) is 23.5 Å². The molecule has 6 heteroatoms. The molecule has 2 rings (SSSR count). The van der Waals surface area contributed by atoms with E-state index in [4.69, 9.17) is 5.84 Å². The first-order valence-corrected chi connectivity index (χ1v) is 5.99. The smallest absolute Gasteiger partial charge is 0.138 e. The standard InChI is InChI=1S/C12H18N6/c1-3-18-12(15-8-16-18)5-11(17-13)10-4-9(2)6-14-7-10/h4,6-8,11,17H,3,5,13H2,1-2H3. The molecule has 18 heavy (non-hydrogen) atoms. The Balaban J connectivity index is 2.20. The minimum absolute atomic E-state index is 0.00750. The number of hydrazine groups is 1. The van der Waals surface area contributed by atoms with Gasteiger partial charge >= 0.3 is 0 Å². The van der Waals surface area contributed by atoms with Gasteiger partial charge in [0.05, 0.1) is 6.04 Å². The summed E-state index contributed by atoms with van der Waals surface area (Å²) < 4.78 is 1.87. The van der Waals surface area contributed by atoms with Crippen molar-refractivity contribution in [3.05, 3.63) is 41.7 Å². The Morgan fingerprint density at radius 3 is 2.94 bits per heavy atom. The quantitative estimate of drug-likeness (QED) is 0.601. The number of pyridine rings is 1. The van der Waals surface area contributed by atoms with Crippen molar-refractivity contribution in [1.82, 2.24) is 25.2 Å². The summed E-state index contributed by atoms with van der Waals surface area (Å²) in [6.45, 7) is 4.86. The van der Waals surface area contributed by atoms with Crippen molar-refractivity contribution in [3.8, 4) is 0 Å². The van der Waals surface area contributed by atoms with Crippen molar-refractivity contribution in [2.75, 3.05) is 0 Å². The predicted molar refractivity (Wildman–Crippen MR) is 68.4 cm³/mol. The summed E-state index contributed by atoms with van der Waals surface area (Å²) in [5.74, 6) is 6.55. The molecule has 0 saturated carbocycles. The lowest BCUT2D eigenvalue weighted by Crippen LogP contribution is -2.30. The van der Waals surface area contributed by atoms with E-state index in [1.165, 1.54) is 0 Å². The number of aryl methyl sites for hydroxylation is 2. The van der Waals surface area contributed by atoms with Gasteiger partial charge in [-0.3, -0.25) is 20.9 Å². The largest absolute Gasteiger partial charge is 0.271 e. The molecule has 0 spiro atoms. The molecule has 1 unspecified atom stereocenters. The number of hydrogen-bond donors (Lipinski definition) is 2. The highest BCUT2D eigenvalue weighted by atomic mass is 15.3. The molecule has 0 aromatic carbocycles. The van der Waals surface area contributed by atoms with Crippen LogP contribution in [0.15, 0.2) is 24.8 Å². The number of hydrogen-bond acceptors (Lipinski definition) is 5. The first-order valence-electron chi connectivity index (χ1n) is 5.99. The number of rotatable bonds is 5. The Kier molecular flexibility index (Phi) is 4.01. The van der Waals surface area contributed by atoms with Gasteiger partial charge in [0, 0.05) is 25.4 Å². The molecule has 2 aromatic rings. The van der Waals surface area contributed by atoms with Crippen LogP contribution >= 0.6 is 0 Å². The van der Waals surface area contributed by atoms with E-state index >= 15 is 0 Å². The number of nitrogens with two attached hydrogens (primary N) is 1. The van der Waals surface area contributed by atoms with E-state index in [0.29, 0.717) is 6.42 Å². The van der Waals surface area contributed by atoms with Crippen LogP contribution in [0.4, 0.5) is 0 Å². The third kappa shape index (κ3) is 2.72. The van der Waals surface area contributed by atoms with Crippen LogP contribution in [0.25, 0.3) is 0 Å². The Morgan fingerprint density at radius 1 is 1.44 bits per heavy atom. The third-order valence-corrected chi connectivity index (χ3v) is 2.88. The molecule has 0 aliphatic heterocycles. The molecule has 0 aliphatic carbocycles. The average Bonchev–Trinajstić information content (AvgIpc) is 2.83. The molecule has 2 heterocycles. The van der Waals surface area contributed by atoms with Crippen molar-refractivity contribution < 1.29 is 0 Å². The zero-order valence-electron chi connectivity index (χ0n) is 10.7. The van der Waals surface area contributed by atoms with Gasteiger partial charge in [0.15, 0.2) is 0 Å². The van der Waals surface area contributed by atoms with Gasteiger partial charge in [-0.15, -0.1) is 0 Å². The predicted octanol–water partition coefficient (Wildman–Crippen LogP) is 0.749. The molecule has 0 fully saturated rings. The third-order valence-electron chi connectivity index (χ3n) is 2.88. The molecule has 0 bridgehead atoms. The normalized spacial score (nSPS) is 12.6. The minimum Gasteiger partial charge on any atom is -0.271 e. The molecule has 6 nitrogen and oxygen atoms in total. The summed E-state index contributed by atoms with van der Waals surface area (Å²) in [6.07, 6.45) is 5.91. The fraction of sp³-hybridized carbons (Fsp3) is 0.417. The highest BCUT2D eigenvalue weighted by molar-refractivity contribution is 5.21. The van der Waals surface area contributed by atoms with Gasteiger partial charge in [0.2, 0.25) is 0 Å². The highest BCUT2D eigenvalue weighted by Crippen LogP contribution is 2.16. The maximum absolute atomic E-state index is 5.63. The van der Waals surface area contributed by atoms with Gasteiger partial charge in [0.25, 0.3) is 0 Å². The average molecular weight is 246 g/mol. The molecular weight excluding hydrogens is 228 g/mol. The van der Waals surface area contributed by atoms with Crippen molar-refractivity contribution in [2.24, 2.45) is 5.84 Å².